The van der Waals surface area contributed by atoms with Crippen LogP contribution in [0.15, 0.2) is 53.1 Å². The van der Waals surface area contributed by atoms with Crippen LogP contribution in [0, 0.1) is 0 Å². The molecule has 22 heavy (non-hydrogen) atoms. The van der Waals surface area contributed by atoms with Crippen LogP contribution in [-0.4, -0.2) is 17.0 Å². The summed E-state index contributed by atoms with van der Waals surface area (Å²) in [5, 5.41) is 11.8. The Morgan fingerprint density at radius 1 is 1.09 bits per heavy atom. The number of benzene rings is 1. The number of furan rings is 1. The third-order valence-electron chi connectivity index (χ3n) is 3.36. The van der Waals surface area contributed by atoms with Gasteiger partial charge in [0.05, 0.1) is 12.3 Å². The minimum Gasteiger partial charge on any atom is -0.481 e. The van der Waals surface area contributed by atoms with Crippen molar-refractivity contribution in [2.75, 3.05) is 0 Å². The Labute approximate surface area is 129 Å². The summed E-state index contributed by atoms with van der Waals surface area (Å²) in [6, 6.07) is 12.7. The topological polar surface area (TPSA) is 79.5 Å². The molecule has 1 heterocycles. The van der Waals surface area contributed by atoms with Crippen LogP contribution in [0.1, 0.15) is 36.6 Å². The Morgan fingerprint density at radius 3 is 2.50 bits per heavy atom. The molecule has 0 radical (unpaired) electrons. The van der Waals surface area contributed by atoms with Crippen molar-refractivity contribution in [3.8, 4) is 0 Å². The number of carbonyl (C=O) groups is 2. The van der Waals surface area contributed by atoms with Gasteiger partial charge in [-0.15, -0.1) is 0 Å². The summed E-state index contributed by atoms with van der Waals surface area (Å²) >= 11 is 0. The lowest BCUT2D eigenvalue weighted by Crippen LogP contribution is -2.29. The van der Waals surface area contributed by atoms with Crippen molar-refractivity contribution < 1.29 is 19.1 Å². The second-order valence-electron chi connectivity index (χ2n) is 5.04. The largest absolute Gasteiger partial charge is 0.481 e. The number of carbonyl (C=O) groups excluding carboxylic acids is 1. The predicted octanol–water partition coefficient (Wildman–Crippen LogP) is 2.93. The Kier molecular flexibility index (Phi) is 5.77. The van der Waals surface area contributed by atoms with Crippen LogP contribution in [0.3, 0.4) is 0 Å². The third-order valence-corrected chi connectivity index (χ3v) is 3.36. The van der Waals surface area contributed by atoms with Crippen LogP contribution in [-0.2, 0) is 16.0 Å². The molecule has 0 aliphatic heterocycles. The van der Waals surface area contributed by atoms with E-state index >= 15 is 0 Å². The Bertz CT molecular complexity index is 592. The van der Waals surface area contributed by atoms with Gasteiger partial charge in [0.1, 0.15) is 5.76 Å². The average molecular weight is 301 g/mol. The van der Waals surface area contributed by atoms with E-state index in [4.69, 9.17) is 9.52 Å². The first-order valence-electron chi connectivity index (χ1n) is 7.23. The molecule has 0 saturated carbocycles. The molecular formula is C17H19NO4. The minimum absolute atomic E-state index is 0.0119. The van der Waals surface area contributed by atoms with Crippen molar-refractivity contribution in [2.45, 2.75) is 31.7 Å². The highest BCUT2D eigenvalue weighted by Gasteiger charge is 2.16. The first kappa shape index (κ1) is 15.8. The fraction of sp³-hybridized carbons (Fsp3) is 0.294. The van der Waals surface area contributed by atoms with Crippen LogP contribution >= 0.6 is 0 Å². The number of aliphatic carboxylic acids is 1. The Hall–Kier alpha value is -2.56. The number of carboxylic acids is 1. The van der Waals surface area contributed by atoms with Gasteiger partial charge in [0.15, 0.2) is 0 Å². The van der Waals surface area contributed by atoms with Gasteiger partial charge in [-0.1, -0.05) is 30.3 Å². The van der Waals surface area contributed by atoms with Crippen LogP contribution < -0.4 is 5.32 Å². The van der Waals surface area contributed by atoms with E-state index in [2.05, 4.69) is 5.32 Å². The van der Waals surface area contributed by atoms with Crippen LogP contribution in [0.4, 0.5) is 0 Å². The summed E-state index contributed by atoms with van der Waals surface area (Å²) in [6.07, 6.45) is 2.79. The molecule has 1 aromatic carbocycles. The number of amides is 1. The maximum absolute atomic E-state index is 12.1. The first-order chi connectivity index (χ1) is 10.6. The number of carboxylic acid groups (broad SMARTS) is 1. The molecule has 0 aliphatic carbocycles. The molecule has 2 rings (SSSR count). The van der Waals surface area contributed by atoms with Crippen LogP contribution in [0.2, 0.25) is 0 Å². The maximum atomic E-state index is 12.1. The molecule has 116 valence electrons. The molecule has 5 nitrogen and oxygen atoms in total. The lowest BCUT2D eigenvalue weighted by molar-refractivity contribution is -0.137. The fourth-order valence-electron chi connectivity index (χ4n) is 2.23. The van der Waals surface area contributed by atoms with Gasteiger partial charge in [-0.2, -0.15) is 0 Å². The van der Waals surface area contributed by atoms with Gasteiger partial charge in [0.2, 0.25) is 5.91 Å². The van der Waals surface area contributed by atoms with Gasteiger partial charge >= 0.3 is 5.97 Å². The molecule has 1 atom stereocenters. The summed E-state index contributed by atoms with van der Waals surface area (Å²) in [5.74, 6) is -0.224. The molecule has 1 amide bonds. The number of nitrogens with one attached hydrogen (secondary N) is 1. The van der Waals surface area contributed by atoms with Crippen LogP contribution in [0.5, 0.6) is 0 Å². The Morgan fingerprint density at radius 2 is 1.86 bits per heavy atom. The smallest absolute Gasteiger partial charge is 0.303 e. The summed E-state index contributed by atoms with van der Waals surface area (Å²) < 4.78 is 5.19. The molecule has 2 N–H and O–H groups in total. The molecule has 0 fully saturated rings. The number of hydrogen-bond acceptors (Lipinski definition) is 3. The zero-order valence-electron chi connectivity index (χ0n) is 12.2. The van der Waals surface area contributed by atoms with Crippen molar-refractivity contribution in [1.82, 2.24) is 5.32 Å². The van der Waals surface area contributed by atoms with Gasteiger partial charge in [-0.3, -0.25) is 9.59 Å². The summed E-state index contributed by atoms with van der Waals surface area (Å²) in [7, 11) is 0. The van der Waals surface area contributed by atoms with Gasteiger partial charge in [-0.05, 0) is 24.1 Å². The van der Waals surface area contributed by atoms with Crippen molar-refractivity contribution in [1.29, 1.82) is 0 Å². The van der Waals surface area contributed by atoms with Gasteiger partial charge in [0.25, 0.3) is 0 Å². The van der Waals surface area contributed by atoms with E-state index in [9.17, 15) is 9.59 Å². The Balaban J connectivity index is 1.93. The van der Waals surface area contributed by atoms with E-state index in [0.717, 1.165) is 11.3 Å². The van der Waals surface area contributed by atoms with E-state index in [1.54, 1.807) is 12.3 Å². The molecule has 0 saturated heterocycles. The molecule has 2 aromatic rings. The summed E-state index contributed by atoms with van der Waals surface area (Å²) in [5.41, 5.74) is 0.912. The fourth-order valence-corrected chi connectivity index (χ4v) is 2.23. The van der Waals surface area contributed by atoms with Crippen molar-refractivity contribution in [2.24, 2.45) is 0 Å². The van der Waals surface area contributed by atoms with Crippen LogP contribution in [0.25, 0.3) is 0 Å². The average Bonchev–Trinajstić information content (AvgIpc) is 3.03. The van der Waals surface area contributed by atoms with Crippen molar-refractivity contribution in [3.05, 3.63) is 60.1 Å². The van der Waals surface area contributed by atoms with E-state index in [0.29, 0.717) is 19.3 Å². The quantitative estimate of drug-likeness (QED) is 0.785. The first-order valence-corrected chi connectivity index (χ1v) is 7.23. The van der Waals surface area contributed by atoms with Gasteiger partial charge < -0.3 is 14.8 Å². The molecule has 5 heteroatoms. The lowest BCUT2D eigenvalue weighted by atomic mass is 10.0. The van der Waals surface area contributed by atoms with E-state index in [-0.39, 0.29) is 18.4 Å². The maximum Gasteiger partial charge on any atom is 0.303 e. The predicted molar refractivity (Wildman–Crippen MR) is 81.2 cm³/mol. The molecular weight excluding hydrogens is 282 g/mol. The molecule has 0 bridgehead atoms. The minimum atomic E-state index is -0.870. The molecule has 0 spiro atoms. The van der Waals surface area contributed by atoms with E-state index in [1.807, 2.05) is 36.4 Å². The monoisotopic (exact) mass is 301 g/mol. The lowest BCUT2D eigenvalue weighted by Gasteiger charge is -2.18. The number of rotatable bonds is 8. The second kappa shape index (κ2) is 8.02. The molecule has 0 aliphatic rings. The highest BCUT2D eigenvalue weighted by Crippen LogP contribution is 2.18. The molecule has 1 unspecified atom stereocenters. The highest BCUT2D eigenvalue weighted by molar-refractivity contribution is 5.76. The SMILES string of the molecule is O=C(O)CCC(NC(=O)CCc1ccco1)c1ccccc1. The number of hydrogen-bond donors (Lipinski definition) is 2. The summed E-state index contributed by atoms with van der Waals surface area (Å²) in [4.78, 5) is 22.8. The van der Waals surface area contributed by atoms with E-state index in [1.165, 1.54) is 0 Å². The zero-order valence-corrected chi connectivity index (χ0v) is 12.2. The standard InChI is InChI=1S/C17H19NO4/c19-16(10-8-14-7-4-12-22-14)18-15(9-11-17(20)21)13-5-2-1-3-6-13/h1-7,12,15H,8-11H2,(H,18,19)(H,20,21). The normalized spacial score (nSPS) is 11.8. The van der Waals surface area contributed by atoms with Gasteiger partial charge in [-0.25, -0.2) is 0 Å². The van der Waals surface area contributed by atoms with Crippen molar-refractivity contribution in [3.63, 3.8) is 0 Å². The molecule has 1 aromatic heterocycles. The third kappa shape index (κ3) is 5.09. The number of aryl methyl sites for hydroxylation is 1. The highest BCUT2D eigenvalue weighted by atomic mass is 16.4. The van der Waals surface area contributed by atoms with Crippen molar-refractivity contribution >= 4 is 11.9 Å². The zero-order chi connectivity index (χ0) is 15.8. The van der Waals surface area contributed by atoms with Gasteiger partial charge in [0, 0.05) is 19.3 Å². The second-order valence-corrected chi connectivity index (χ2v) is 5.04. The summed E-state index contributed by atoms with van der Waals surface area (Å²) in [6.45, 7) is 0. The van der Waals surface area contributed by atoms with E-state index < -0.39 is 5.97 Å².